The van der Waals surface area contributed by atoms with Crippen molar-refractivity contribution in [1.82, 2.24) is 20.2 Å². The van der Waals surface area contributed by atoms with Crippen molar-refractivity contribution in [3.8, 4) is 0 Å². The maximum Gasteiger partial charge on any atom is 0.270 e. The van der Waals surface area contributed by atoms with Crippen LogP contribution in [-0.4, -0.2) is 67.2 Å². The molecule has 1 aliphatic rings. The van der Waals surface area contributed by atoms with E-state index < -0.39 is 0 Å². The van der Waals surface area contributed by atoms with E-state index in [1.165, 1.54) is 11.9 Å². The van der Waals surface area contributed by atoms with E-state index in [-0.39, 0.29) is 5.91 Å². The van der Waals surface area contributed by atoms with Gasteiger partial charge in [-0.1, -0.05) is 30.3 Å². The van der Waals surface area contributed by atoms with Gasteiger partial charge in [0.25, 0.3) is 5.91 Å². The molecule has 1 fully saturated rings. The second-order valence-electron chi connectivity index (χ2n) is 6.61. The van der Waals surface area contributed by atoms with Crippen molar-refractivity contribution in [3.05, 3.63) is 54.0 Å². The molecule has 1 amide bonds. The van der Waals surface area contributed by atoms with Crippen LogP contribution in [0, 0.1) is 0 Å². The third kappa shape index (κ3) is 5.74. The molecule has 7 heteroatoms. The Kier molecular flexibility index (Phi) is 7.12. The summed E-state index contributed by atoms with van der Waals surface area (Å²) >= 11 is 0. The highest BCUT2D eigenvalue weighted by atomic mass is 16.5. The minimum Gasteiger partial charge on any atom is -0.385 e. The van der Waals surface area contributed by atoms with Gasteiger partial charge in [-0.3, -0.25) is 9.69 Å². The molecule has 1 N–H and O–H groups in total. The summed E-state index contributed by atoms with van der Waals surface area (Å²) in [5.74, 6) is 0.642. The predicted molar refractivity (Wildman–Crippen MR) is 105 cm³/mol. The molecule has 3 rings (SSSR count). The van der Waals surface area contributed by atoms with Gasteiger partial charge >= 0.3 is 0 Å². The number of rotatable bonds is 8. The van der Waals surface area contributed by atoms with Crippen molar-refractivity contribution in [1.29, 1.82) is 0 Å². The number of nitrogens with one attached hydrogen (secondary N) is 1. The lowest BCUT2D eigenvalue weighted by atomic mass is 10.2. The van der Waals surface area contributed by atoms with E-state index in [1.54, 1.807) is 13.2 Å². The first kappa shape index (κ1) is 19.3. The van der Waals surface area contributed by atoms with Crippen LogP contribution in [0.4, 0.5) is 5.82 Å². The molecule has 27 heavy (non-hydrogen) atoms. The van der Waals surface area contributed by atoms with Gasteiger partial charge in [-0.05, 0) is 12.0 Å². The number of piperazine rings is 1. The highest BCUT2D eigenvalue weighted by molar-refractivity contribution is 5.92. The number of amides is 1. The van der Waals surface area contributed by atoms with Gasteiger partial charge in [0.1, 0.15) is 17.8 Å². The van der Waals surface area contributed by atoms with Crippen LogP contribution < -0.4 is 10.2 Å². The quantitative estimate of drug-likeness (QED) is 0.712. The number of aromatic nitrogens is 2. The highest BCUT2D eigenvalue weighted by Gasteiger charge is 2.19. The topological polar surface area (TPSA) is 70.6 Å². The summed E-state index contributed by atoms with van der Waals surface area (Å²) in [5.41, 5.74) is 1.74. The zero-order valence-corrected chi connectivity index (χ0v) is 15.8. The average Bonchev–Trinajstić information content (AvgIpc) is 2.72. The van der Waals surface area contributed by atoms with Crippen LogP contribution in [-0.2, 0) is 11.3 Å². The van der Waals surface area contributed by atoms with Crippen molar-refractivity contribution >= 4 is 11.7 Å². The first-order valence-electron chi connectivity index (χ1n) is 9.36. The smallest absolute Gasteiger partial charge is 0.270 e. The summed E-state index contributed by atoms with van der Waals surface area (Å²) < 4.78 is 4.99. The van der Waals surface area contributed by atoms with Gasteiger partial charge in [-0.25, -0.2) is 9.97 Å². The molecule has 0 atom stereocenters. The molecule has 1 aromatic carbocycles. The molecule has 0 bridgehead atoms. The largest absolute Gasteiger partial charge is 0.385 e. The van der Waals surface area contributed by atoms with E-state index in [4.69, 9.17) is 4.74 Å². The van der Waals surface area contributed by atoms with E-state index in [1.807, 2.05) is 6.07 Å². The minimum absolute atomic E-state index is 0.169. The van der Waals surface area contributed by atoms with Crippen LogP contribution in [0.15, 0.2) is 42.7 Å². The molecule has 0 aliphatic carbocycles. The van der Waals surface area contributed by atoms with Gasteiger partial charge in [-0.2, -0.15) is 0 Å². The Labute approximate surface area is 160 Å². The first-order valence-corrected chi connectivity index (χ1v) is 9.36. The molecule has 1 aromatic heterocycles. The number of methoxy groups -OCH3 is 1. The maximum atomic E-state index is 12.2. The monoisotopic (exact) mass is 369 g/mol. The van der Waals surface area contributed by atoms with E-state index in [0.29, 0.717) is 18.8 Å². The lowest BCUT2D eigenvalue weighted by Crippen LogP contribution is -2.46. The normalized spacial score (nSPS) is 14.9. The van der Waals surface area contributed by atoms with Gasteiger partial charge in [0.2, 0.25) is 0 Å². The fourth-order valence-corrected chi connectivity index (χ4v) is 3.13. The molecular formula is C20H27N5O2. The van der Waals surface area contributed by atoms with Gasteiger partial charge < -0.3 is 15.0 Å². The summed E-state index contributed by atoms with van der Waals surface area (Å²) in [5, 5.41) is 2.86. The van der Waals surface area contributed by atoms with Crippen molar-refractivity contribution in [2.45, 2.75) is 13.0 Å². The number of hydrogen-bond donors (Lipinski definition) is 1. The van der Waals surface area contributed by atoms with Crippen molar-refractivity contribution < 1.29 is 9.53 Å². The second kappa shape index (κ2) is 9.99. The first-order chi connectivity index (χ1) is 13.3. The molecular weight excluding hydrogens is 342 g/mol. The molecule has 144 valence electrons. The number of nitrogens with zero attached hydrogens (tertiary/aromatic N) is 4. The van der Waals surface area contributed by atoms with E-state index in [2.05, 4.69) is 49.4 Å². The van der Waals surface area contributed by atoms with Gasteiger partial charge in [0, 0.05) is 59.1 Å². The molecule has 0 radical (unpaired) electrons. The van der Waals surface area contributed by atoms with Crippen molar-refractivity contribution in [2.75, 3.05) is 51.3 Å². The third-order valence-electron chi connectivity index (χ3n) is 4.64. The Morgan fingerprint density at radius 2 is 1.93 bits per heavy atom. The SMILES string of the molecule is COCCCNC(=O)c1cc(N2CCN(Cc3ccccc3)CC2)ncn1. The van der Waals surface area contributed by atoms with Crippen LogP contribution in [0.2, 0.25) is 0 Å². The lowest BCUT2D eigenvalue weighted by molar-refractivity contribution is 0.0943. The van der Waals surface area contributed by atoms with Gasteiger partial charge in [-0.15, -0.1) is 0 Å². The summed E-state index contributed by atoms with van der Waals surface area (Å²) in [7, 11) is 1.65. The summed E-state index contributed by atoms with van der Waals surface area (Å²) in [6.07, 6.45) is 2.25. The van der Waals surface area contributed by atoms with E-state index >= 15 is 0 Å². The summed E-state index contributed by atoms with van der Waals surface area (Å²) in [4.78, 5) is 25.4. The van der Waals surface area contributed by atoms with E-state index in [9.17, 15) is 4.79 Å². The Bertz CT molecular complexity index is 717. The Morgan fingerprint density at radius 3 is 2.67 bits per heavy atom. The molecule has 0 saturated carbocycles. The number of anilines is 1. The average molecular weight is 369 g/mol. The van der Waals surface area contributed by atoms with Crippen molar-refractivity contribution in [2.24, 2.45) is 0 Å². The second-order valence-corrected chi connectivity index (χ2v) is 6.61. The number of ether oxygens (including phenoxy) is 1. The van der Waals surface area contributed by atoms with Crippen LogP contribution in [0.5, 0.6) is 0 Å². The fraction of sp³-hybridized carbons (Fsp3) is 0.450. The van der Waals surface area contributed by atoms with Crippen LogP contribution in [0.25, 0.3) is 0 Å². The maximum absolute atomic E-state index is 12.2. The van der Waals surface area contributed by atoms with Crippen LogP contribution in [0.1, 0.15) is 22.5 Å². The molecule has 1 aliphatic heterocycles. The Morgan fingerprint density at radius 1 is 1.15 bits per heavy atom. The van der Waals surface area contributed by atoms with Gasteiger partial charge in [0.05, 0.1) is 0 Å². The number of benzene rings is 1. The number of hydrogen-bond acceptors (Lipinski definition) is 6. The molecule has 0 spiro atoms. The Hall–Kier alpha value is -2.51. The fourth-order valence-electron chi connectivity index (χ4n) is 3.13. The standard InChI is InChI=1S/C20H27N5O2/c1-27-13-5-8-21-20(26)18-14-19(23-16-22-18)25-11-9-24(10-12-25)15-17-6-3-2-4-7-17/h2-4,6-7,14,16H,5,8-13,15H2,1H3,(H,21,26). The summed E-state index contributed by atoms with van der Waals surface area (Å²) in [6, 6.07) is 12.3. The van der Waals surface area contributed by atoms with Gasteiger partial charge in [0.15, 0.2) is 0 Å². The molecule has 2 aromatic rings. The molecule has 0 unspecified atom stereocenters. The van der Waals surface area contributed by atoms with Crippen molar-refractivity contribution in [3.63, 3.8) is 0 Å². The molecule has 7 nitrogen and oxygen atoms in total. The van der Waals surface area contributed by atoms with E-state index in [0.717, 1.165) is 45.0 Å². The molecule has 2 heterocycles. The zero-order valence-electron chi connectivity index (χ0n) is 15.8. The summed E-state index contributed by atoms with van der Waals surface area (Å²) in [6.45, 7) is 5.88. The minimum atomic E-state index is -0.169. The van der Waals surface area contributed by atoms with Crippen LogP contribution >= 0.6 is 0 Å². The lowest BCUT2D eigenvalue weighted by Gasteiger charge is -2.35. The third-order valence-corrected chi connectivity index (χ3v) is 4.64. The predicted octanol–water partition coefficient (Wildman–Crippen LogP) is 1.57. The highest BCUT2D eigenvalue weighted by Crippen LogP contribution is 2.15. The Balaban J connectivity index is 1.51. The number of carbonyl (C=O) groups is 1. The molecule has 1 saturated heterocycles. The van der Waals surface area contributed by atoms with Crippen LogP contribution in [0.3, 0.4) is 0 Å². The zero-order chi connectivity index (χ0) is 18.9. The number of carbonyl (C=O) groups excluding carboxylic acids is 1.